The van der Waals surface area contributed by atoms with Crippen LogP contribution in [0.15, 0.2) is 17.5 Å². The van der Waals surface area contributed by atoms with E-state index in [1.54, 1.807) is 11.3 Å². The van der Waals surface area contributed by atoms with Crippen LogP contribution in [0.5, 0.6) is 0 Å². The van der Waals surface area contributed by atoms with Gasteiger partial charge in [0.15, 0.2) is 0 Å². The highest BCUT2D eigenvalue weighted by Gasteiger charge is 2.10. The van der Waals surface area contributed by atoms with Crippen LogP contribution in [-0.4, -0.2) is 58.1 Å². The smallest absolute Gasteiger partial charge is 0.148 e. The zero-order chi connectivity index (χ0) is 14.3. The molecule has 1 N–H and O–H groups in total. The van der Waals surface area contributed by atoms with Crippen molar-refractivity contribution in [1.82, 2.24) is 10.2 Å². The van der Waals surface area contributed by atoms with Gasteiger partial charge >= 0.3 is 0 Å². The van der Waals surface area contributed by atoms with Crippen LogP contribution in [0.3, 0.4) is 0 Å². The van der Waals surface area contributed by atoms with Crippen molar-refractivity contribution < 1.29 is 8.42 Å². The van der Waals surface area contributed by atoms with E-state index in [1.807, 2.05) is 0 Å². The predicted octanol–water partition coefficient (Wildman–Crippen LogP) is 1.25. The Morgan fingerprint density at radius 2 is 2.16 bits per heavy atom. The zero-order valence-corrected chi connectivity index (χ0v) is 13.6. The van der Waals surface area contributed by atoms with E-state index < -0.39 is 9.84 Å². The van der Waals surface area contributed by atoms with Crippen molar-refractivity contribution in [1.29, 1.82) is 0 Å². The molecule has 0 saturated heterocycles. The number of hydrogen-bond donors (Lipinski definition) is 1. The number of nitrogens with one attached hydrogen (secondary N) is 1. The van der Waals surface area contributed by atoms with Crippen molar-refractivity contribution in [3.05, 3.63) is 22.4 Å². The fourth-order valence-corrected chi connectivity index (χ4v) is 3.08. The highest BCUT2D eigenvalue weighted by molar-refractivity contribution is 7.90. The molecule has 19 heavy (non-hydrogen) atoms. The van der Waals surface area contributed by atoms with Crippen molar-refractivity contribution in [2.45, 2.75) is 19.4 Å². The Balaban J connectivity index is 2.15. The minimum absolute atomic E-state index is 0.210. The first-order chi connectivity index (χ1) is 8.88. The second-order valence-corrected chi connectivity index (χ2v) is 8.28. The highest BCUT2D eigenvalue weighted by atomic mass is 32.2. The van der Waals surface area contributed by atoms with Gasteiger partial charge in [-0.05, 0) is 31.8 Å². The Hall–Kier alpha value is -0.430. The standard InChI is InChI=1S/C13H24N2O2S2/c1-12(11-13-5-4-9-18-13)15(2)8-6-14-7-10-19(3,16)17/h4-5,9,12,14H,6-8,10-11H2,1-3H3. The number of hydrogen-bond acceptors (Lipinski definition) is 5. The van der Waals surface area contributed by atoms with Gasteiger partial charge < -0.3 is 10.2 Å². The van der Waals surface area contributed by atoms with Gasteiger partial charge in [0.05, 0.1) is 5.75 Å². The summed E-state index contributed by atoms with van der Waals surface area (Å²) < 4.78 is 21.9. The van der Waals surface area contributed by atoms with Gasteiger partial charge in [-0.2, -0.15) is 0 Å². The molecular formula is C13H24N2O2S2. The molecule has 1 heterocycles. The fraction of sp³-hybridized carbons (Fsp3) is 0.692. The minimum Gasteiger partial charge on any atom is -0.314 e. The third-order valence-electron chi connectivity index (χ3n) is 3.12. The Bertz CT molecular complexity index is 443. The first-order valence-electron chi connectivity index (χ1n) is 6.49. The Morgan fingerprint density at radius 1 is 1.42 bits per heavy atom. The van der Waals surface area contributed by atoms with Gasteiger partial charge in [0.2, 0.25) is 0 Å². The lowest BCUT2D eigenvalue weighted by molar-refractivity contribution is 0.257. The van der Waals surface area contributed by atoms with E-state index in [9.17, 15) is 8.42 Å². The van der Waals surface area contributed by atoms with Gasteiger partial charge in [-0.3, -0.25) is 0 Å². The average molecular weight is 304 g/mol. The molecule has 0 spiro atoms. The van der Waals surface area contributed by atoms with Crippen LogP contribution in [0.1, 0.15) is 11.8 Å². The molecular weight excluding hydrogens is 280 g/mol. The summed E-state index contributed by atoms with van der Waals surface area (Å²) in [5.74, 6) is 0.210. The van der Waals surface area contributed by atoms with E-state index in [1.165, 1.54) is 11.1 Å². The molecule has 1 aromatic rings. The molecule has 110 valence electrons. The van der Waals surface area contributed by atoms with Crippen LogP contribution in [0, 0.1) is 0 Å². The van der Waals surface area contributed by atoms with Crippen LogP contribution in [-0.2, 0) is 16.3 Å². The van der Waals surface area contributed by atoms with Crippen molar-refractivity contribution in [2.75, 3.05) is 38.7 Å². The lowest BCUT2D eigenvalue weighted by Gasteiger charge is -2.24. The van der Waals surface area contributed by atoms with E-state index in [0.717, 1.165) is 19.5 Å². The summed E-state index contributed by atoms with van der Waals surface area (Å²) in [4.78, 5) is 3.71. The quantitative estimate of drug-likeness (QED) is 0.698. The third kappa shape index (κ3) is 7.67. The average Bonchev–Trinajstić information content (AvgIpc) is 2.79. The predicted molar refractivity (Wildman–Crippen MR) is 82.7 cm³/mol. The number of nitrogens with zero attached hydrogens (tertiary/aromatic N) is 1. The maximum atomic E-state index is 11.0. The summed E-state index contributed by atoms with van der Waals surface area (Å²) in [5.41, 5.74) is 0. The molecule has 1 atom stereocenters. The fourth-order valence-electron chi connectivity index (χ4n) is 1.73. The highest BCUT2D eigenvalue weighted by Crippen LogP contribution is 2.13. The Labute approximate surface area is 120 Å². The molecule has 0 bridgehead atoms. The Kier molecular flexibility index (Phi) is 6.99. The second kappa shape index (κ2) is 7.99. The molecule has 0 radical (unpaired) electrons. The van der Waals surface area contributed by atoms with E-state index >= 15 is 0 Å². The Morgan fingerprint density at radius 3 is 2.74 bits per heavy atom. The van der Waals surface area contributed by atoms with Gasteiger partial charge in [0.1, 0.15) is 9.84 Å². The van der Waals surface area contributed by atoms with Crippen LogP contribution >= 0.6 is 11.3 Å². The van der Waals surface area contributed by atoms with Crippen molar-refractivity contribution in [3.8, 4) is 0 Å². The molecule has 0 saturated carbocycles. The largest absolute Gasteiger partial charge is 0.314 e. The molecule has 0 amide bonds. The van der Waals surface area contributed by atoms with Crippen molar-refractivity contribution >= 4 is 21.2 Å². The molecule has 0 aliphatic carbocycles. The molecule has 1 aromatic heterocycles. The lowest BCUT2D eigenvalue weighted by atomic mass is 10.2. The summed E-state index contributed by atoms with van der Waals surface area (Å²) in [5, 5.41) is 5.27. The second-order valence-electron chi connectivity index (χ2n) is 4.99. The van der Waals surface area contributed by atoms with Gasteiger partial charge in [-0.1, -0.05) is 6.07 Å². The normalized spacial score (nSPS) is 13.9. The van der Waals surface area contributed by atoms with Crippen LogP contribution in [0.2, 0.25) is 0 Å². The van der Waals surface area contributed by atoms with Crippen molar-refractivity contribution in [2.24, 2.45) is 0 Å². The van der Waals surface area contributed by atoms with Gasteiger partial charge in [-0.15, -0.1) is 11.3 Å². The molecule has 0 aliphatic heterocycles. The number of likely N-dealkylation sites (N-methyl/N-ethyl adjacent to an activating group) is 1. The summed E-state index contributed by atoms with van der Waals surface area (Å²) in [7, 11) is -0.743. The van der Waals surface area contributed by atoms with Gasteiger partial charge in [-0.25, -0.2) is 8.42 Å². The van der Waals surface area contributed by atoms with Crippen LogP contribution in [0.25, 0.3) is 0 Å². The van der Waals surface area contributed by atoms with Crippen molar-refractivity contribution in [3.63, 3.8) is 0 Å². The summed E-state index contributed by atoms with van der Waals surface area (Å²) in [6.07, 6.45) is 2.33. The summed E-state index contributed by atoms with van der Waals surface area (Å²) in [6, 6.07) is 4.74. The summed E-state index contributed by atoms with van der Waals surface area (Å²) >= 11 is 1.79. The third-order valence-corrected chi connectivity index (χ3v) is 4.96. The zero-order valence-electron chi connectivity index (χ0n) is 11.9. The van der Waals surface area contributed by atoms with E-state index in [2.05, 4.69) is 41.7 Å². The molecule has 1 unspecified atom stereocenters. The molecule has 6 heteroatoms. The molecule has 1 rings (SSSR count). The number of rotatable bonds is 9. The first-order valence-corrected chi connectivity index (χ1v) is 9.43. The van der Waals surface area contributed by atoms with E-state index in [0.29, 0.717) is 12.6 Å². The minimum atomic E-state index is -2.85. The number of thiophene rings is 1. The monoisotopic (exact) mass is 304 g/mol. The molecule has 0 aromatic carbocycles. The maximum absolute atomic E-state index is 11.0. The van der Waals surface area contributed by atoms with E-state index in [4.69, 9.17) is 0 Å². The maximum Gasteiger partial charge on any atom is 0.148 e. The molecule has 4 nitrogen and oxygen atoms in total. The SMILES string of the molecule is CC(Cc1cccs1)N(C)CCNCCS(C)(=O)=O. The first kappa shape index (κ1) is 16.6. The van der Waals surface area contributed by atoms with Gasteiger partial charge in [0.25, 0.3) is 0 Å². The van der Waals surface area contributed by atoms with Gasteiger partial charge in [0, 0.05) is 36.8 Å². The van der Waals surface area contributed by atoms with E-state index in [-0.39, 0.29) is 5.75 Å². The summed E-state index contributed by atoms with van der Waals surface area (Å²) in [6.45, 7) is 4.50. The molecule has 0 aliphatic rings. The number of sulfone groups is 1. The van der Waals surface area contributed by atoms with Crippen LogP contribution in [0.4, 0.5) is 0 Å². The lowest BCUT2D eigenvalue weighted by Crippen LogP contribution is -2.37. The molecule has 0 fully saturated rings. The topological polar surface area (TPSA) is 49.4 Å². The van der Waals surface area contributed by atoms with Crippen LogP contribution < -0.4 is 5.32 Å².